The summed E-state index contributed by atoms with van der Waals surface area (Å²) in [5.41, 5.74) is 0.847. The van der Waals surface area contributed by atoms with E-state index in [-0.39, 0.29) is 11.9 Å². The van der Waals surface area contributed by atoms with E-state index >= 15 is 0 Å². The monoisotopic (exact) mass is 301 g/mol. The Bertz CT molecular complexity index is 418. The van der Waals surface area contributed by atoms with Crippen molar-refractivity contribution in [2.45, 2.75) is 38.1 Å². The van der Waals surface area contributed by atoms with Gasteiger partial charge in [0.05, 0.1) is 18.0 Å². The van der Waals surface area contributed by atoms with Crippen LogP contribution >= 0.6 is 22.9 Å². The third-order valence-corrected chi connectivity index (χ3v) is 4.36. The highest BCUT2D eigenvalue weighted by Crippen LogP contribution is 2.12. The van der Waals surface area contributed by atoms with Crippen molar-refractivity contribution in [1.29, 1.82) is 0 Å². The van der Waals surface area contributed by atoms with Crippen LogP contribution in [0.15, 0.2) is 5.38 Å². The normalized spacial score (nSPS) is 17.6. The van der Waals surface area contributed by atoms with Gasteiger partial charge in [0.2, 0.25) is 5.91 Å². The van der Waals surface area contributed by atoms with E-state index in [4.69, 9.17) is 11.6 Å². The fourth-order valence-electron chi connectivity index (χ4n) is 2.35. The maximum atomic E-state index is 11.9. The average Bonchev–Trinajstić information content (AvgIpc) is 3.00. The largest absolute Gasteiger partial charge is 0.352 e. The zero-order chi connectivity index (χ0) is 13.7. The molecule has 2 rings (SSSR count). The van der Waals surface area contributed by atoms with E-state index in [9.17, 15) is 4.79 Å². The number of carbonyl (C=O) groups excluding carboxylic acids is 1. The highest BCUT2D eigenvalue weighted by molar-refractivity contribution is 7.09. The molecular weight excluding hydrogens is 282 g/mol. The zero-order valence-electron chi connectivity index (χ0n) is 11.2. The van der Waals surface area contributed by atoms with Crippen molar-refractivity contribution in [1.82, 2.24) is 15.2 Å². The number of hydrogen-bond donors (Lipinski definition) is 1. The number of hydrogen-bond acceptors (Lipinski definition) is 4. The Morgan fingerprint density at radius 3 is 2.95 bits per heavy atom. The Labute approximate surface area is 123 Å². The first kappa shape index (κ1) is 14.8. The lowest BCUT2D eigenvalue weighted by Gasteiger charge is -2.20. The molecule has 0 aliphatic carbocycles. The zero-order valence-corrected chi connectivity index (χ0v) is 12.8. The quantitative estimate of drug-likeness (QED) is 0.818. The second kappa shape index (κ2) is 7.22. The summed E-state index contributed by atoms with van der Waals surface area (Å²) < 4.78 is 0. The van der Waals surface area contributed by atoms with Gasteiger partial charge in [0.1, 0.15) is 5.01 Å². The van der Waals surface area contributed by atoms with Crippen molar-refractivity contribution in [3.05, 3.63) is 16.1 Å². The SMILES string of the molecule is CC(CN1CCCC1)NC(=O)Cc1nc(CCl)cs1. The van der Waals surface area contributed by atoms with E-state index in [0.717, 1.165) is 30.3 Å². The first-order valence-electron chi connectivity index (χ1n) is 6.68. The summed E-state index contributed by atoms with van der Waals surface area (Å²) in [6.07, 6.45) is 2.91. The van der Waals surface area contributed by atoms with Gasteiger partial charge >= 0.3 is 0 Å². The number of carbonyl (C=O) groups is 1. The van der Waals surface area contributed by atoms with E-state index in [0.29, 0.717) is 12.3 Å². The number of aromatic nitrogens is 1. The van der Waals surface area contributed by atoms with Crippen LogP contribution in [0.25, 0.3) is 0 Å². The molecule has 106 valence electrons. The van der Waals surface area contributed by atoms with Crippen molar-refractivity contribution in [3.8, 4) is 0 Å². The molecule has 1 aliphatic rings. The number of nitrogens with one attached hydrogen (secondary N) is 1. The first-order chi connectivity index (χ1) is 9.17. The summed E-state index contributed by atoms with van der Waals surface area (Å²) in [6, 6.07) is 0.193. The Morgan fingerprint density at radius 2 is 2.32 bits per heavy atom. The molecule has 1 N–H and O–H groups in total. The first-order valence-corrected chi connectivity index (χ1v) is 8.09. The number of halogens is 1. The Balaban J connectivity index is 1.73. The topological polar surface area (TPSA) is 45.2 Å². The van der Waals surface area contributed by atoms with Gasteiger partial charge in [-0.2, -0.15) is 0 Å². The van der Waals surface area contributed by atoms with Crippen LogP contribution in [-0.2, 0) is 17.1 Å². The molecule has 19 heavy (non-hydrogen) atoms. The maximum Gasteiger partial charge on any atom is 0.227 e. The molecule has 1 fully saturated rings. The minimum atomic E-state index is 0.0437. The number of alkyl halides is 1. The van der Waals surface area contributed by atoms with Gasteiger partial charge in [0, 0.05) is 18.0 Å². The molecule has 0 spiro atoms. The van der Waals surface area contributed by atoms with Crippen LogP contribution < -0.4 is 5.32 Å². The van der Waals surface area contributed by atoms with Gasteiger partial charge in [0.25, 0.3) is 0 Å². The van der Waals surface area contributed by atoms with Gasteiger partial charge in [-0.15, -0.1) is 22.9 Å². The highest BCUT2D eigenvalue weighted by Gasteiger charge is 2.16. The molecule has 1 aliphatic heterocycles. The van der Waals surface area contributed by atoms with Crippen LogP contribution in [0.4, 0.5) is 0 Å². The van der Waals surface area contributed by atoms with Crippen LogP contribution in [-0.4, -0.2) is 41.5 Å². The maximum absolute atomic E-state index is 11.9. The smallest absolute Gasteiger partial charge is 0.227 e. The van der Waals surface area contributed by atoms with Gasteiger partial charge in [-0.05, 0) is 32.9 Å². The summed E-state index contributed by atoms with van der Waals surface area (Å²) in [5.74, 6) is 0.450. The minimum absolute atomic E-state index is 0.0437. The molecule has 1 saturated heterocycles. The van der Waals surface area contributed by atoms with Gasteiger partial charge < -0.3 is 10.2 Å². The lowest BCUT2D eigenvalue weighted by Crippen LogP contribution is -2.41. The molecular formula is C13H20ClN3OS. The summed E-state index contributed by atoms with van der Waals surface area (Å²) in [4.78, 5) is 18.6. The predicted molar refractivity (Wildman–Crippen MR) is 78.7 cm³/mol. The standard InChI is InChI=1S/C13H20ClN3OS/c1-10(8-17-4-2-3-5-17)15-12(18)6-13-16-11(7-14)9-19-13/h9-10H,2-8H2,1H3,(H,15,18). The van der Waals surface area contributed by atoms with Crippen LogP contribution in [0.3, 0.4) is 0 Å². The van der Waals surface area contributed by atoms with Crippen molar-refractivity contribution in [3.63, 3.8) is 0 Å². The molecule has 1 atom stereocenters. The molecule has 0 bridgehead atoms. The molecule has 1 aromatic heterocycles. The van der Waals surface area contributed by atoms with Crippen LogP contribution in [0, 0.1) is 0 Å². The summed E-state index contributed by atoms with van der Waals surface area (Å²) in [6.45, 7) is 5.32. The van der Waals surface area contributed by atoms with E-state index in [1.165, 1.54) is 24.2 Å². The molecule has 1 aromatic rings. The molecule has 1 amide bonds. The van der Waals surface area contributed by atoms with E-state index in [1.54, 1.807) is 0 Å². The molecule has 2 heterocycles. The minimum Gasteiger partial charge on any atom is -0.352 e. The lowest BCUT2D eigenvalue weighted by atomic mass is 10.3. The van der Waals surface area contributed by atoms with Crippen LogP contribution in [0.1, 0.15) is 30.5 Å². The Hall–Kier alpha value is -0.650. The fourth-order valence-corrected chi connectivity index (χ4v) is 3.37. The number of amides is 1. The lowest BCUT2D eigenvalue weighted by molar-refractivity contribution is -0.121. The number of rotatable bonds is 6. The number of likely N-dealkylation sites (tertiary alicyclic amines) is 1. The molecule has 0 radical (unpaired) electrons. The summed E-state index contributed by atoms with van der Waals surface area (Å²) >= 11 is 7.19. The van der Waals surface area contributed by atoms with Crippen LogP contribution in [0.2, 0.25) is 0 Å². The third-order valence-electron chi connectivity index (χ3n) is 3.19. The fraction of sp³-hybridized carbons (Fsp3) is 0.692. The summed E-state index contributed by atoms with van der Waals surface area (Å²) in [5, 5.41) is 5.78. The van der Waals surface area contributed by atoms with Crippen LogP contribution in [0.5, 0.6) is 0 Å². The summed E-state index contributed by atoms with van der Waals surface area (Å²) in [7, 11) is 0. The van der Waals surface area contributed by atoms with Gasteiger partial charge in [-0.3, -0.25) is 4.79 Å². The van der Waals surface area contributed by atoms with Crippen molar-refractivity contribution in [2.24, 2.45) is 0 Å². The van der Waals surface area contributed by atoms with Crippen molar-refractivity contribution < 1.29 is 4.79 Å². The van der Waals surface area contributed by atoms with Crippen molar-refractivity contribution in [2.75, 3.05) is 19.6 Å². The molecule has 0 aromatic carbocycles. The third kappa shape index (κ3) is 4.75. The Kier molecular flexibility index (Phi) is 5.60. The van der Waals surface area contributed by atoms with E-state index in [2.05, 4.69) is 22.1 Å². The van der Waals surface area contributed by atoms with E-state index < -0.39 is 0 Å². The van der Waals surface area contributed by atoms with E-state index in [1.807, 2.05) is 5.38 Å². The molecule has 4 nitrogen and oxygen atoms in total. The number of nitrogens with zero attached hydrogens (tertiary/aromatic N) is 2. The second-order valence-corrected chi connectivity index (χ2v) is 6.23. The second-order valence-electron chi connectivity index (χ2n) is 5.02. The van der Waals surface area contributed by atoms with Gasteiger partial charge in [-0.25, -0.2) is 4.98 Å². The Morgan fingerprint density at radius 1 is 1.58 bits per heavy atom. The van der Waals surface area contributed by atoms with Gasteiger partial charge in [-0.1, -0.05) is 0 Å². The average molecular weight is 302 g/mol. The molecule has 1 unspecified atom stereocenters. The van der Waals surface area contributed by atoms with Crippen molar-refractivity contribution >= 4 is 28.8 Å². The number of thiazole rings is 1. The molecule has 0 saturated carbocycles. The van der Waals surface area contributed by atoms with Gasteiger partial charge in [0.15, 0.2) is 0 Å². The highest BCUT2D eigenvalue weighted by atomic mass is 35.5. The predicted octanol–water partition coefficient (Wildman–Crippen LogP) is 2.02. The molecule has 6 heteroatoms.